The lowest BCUT2D eigenvalue weighted by Gasteiger charge is -2.36. The van der Waals surface area contributed by atoms with Gasteiger partial charge in [-0.15, -0.1) is 0 Å². The van der Waals surface area contributed by atoms with Gasteiger partial charge in [0, 0.05) is 17.6 Å². The van der Waals surface area contributed by atoms with E-state index in [1.165, 1.54) is 0 Å². The van der Waals surface area contributed by atoms with Crippen LogP contribution < -0.4 is 10.1 Å². The molecule has 0 saturated carbocycles. The number of benzene rings is 1. The van der Waals surface area contributed by atoms with Crippen LogP contribution in [-0.4, -0.2) is 43.0 Å². The quantitative estimate of drug-likeness (QED) is 0.882. The highest BCUT2D eigenvalue weighted by Gasteiger charge is 2.42. The summed E-state index contributed by atoms with van der Waals surface area (Å²) in [6, 6.07) is 5.32. The molecule has 2 fully saturated rings. The first-order valence-electron chi connectivity index (χ1n) is 7.04. The van der Waals surface area contributed by atoms with Crippen molar-refractivity contribution in [3.8, 4) is 5.75 Å². The zero-order valence-electron chi connectivity index (χ0n) is 11.8. The van der Waals surface area contributed by atoms with Crippen molar-refractivity contribution in [2.45, 2.75) is 18.9 Å². The summed E-state index contributed by atoms with van der Waals surface area (Å²) in [6.45, 7) is 1.25. The van der Waals surface area contributed by atoms with Gasteiger partial charge in [0.05, 0.1) is 24.6 Å². The molecule has 2 heterocycles. The van der Waals surface area contributed by atoms with E-state index < -0.39 is 0 Å². The molecule has 112 valence electrons. The summed E-state index contributed by atoms with van der Waals surface area (Å²) >= 11 is 3.43. The molecular weight excluding hydrogens is 336 g/mol. The minimum atomic E-state index is -0.0629. The molecule has 2 aliphatic heterocycles. The van der Waals surface area contributed by atoms with Crippen LogP contribution in [0.25, 0.3) is 0 Å². The van der Waals surface area contributed by atoms with Gasteiger partial charge in [0.1, 0.15) is 5.75 Å². The highest BCUT2D eigenvalue weighted by atomic mass is 79.9. The Morgan fingerprint density at radius 2 is 2.29 bits per heavy atom. The van der Waals surface area contributed by atoms with Crippen LogP contribution in [0.3, 0.4) is 0 Å². The van der Waals surface area contributed by atoms with Gasteiger partial charge >= 0.3 is 0 Å². The predicted molar refractivity (Wildman–Crippen MR) is 81.3 cm³/mol. The van der Waals surface area contributed by atoms with Crippen LogP contribution in [0.1, 0.15) is 23.2 Å². The van der Waals surface area contributed by atoms with Gasteiger partial charge < -0.3 is 15.0 Å². The van der Waals surface area contributed by atoms with E-state index in [0.717, 1.165) is 17.3 Å². The Kier molecular flexibility index (Phi) is 3.89. The molecule has 2 unspecified atom stereocenters. The number of carbonyl (C=O) groups is 2. The average molecular weight is 353 g/mol. The molecule has 0 aromatic heterocycles. The van der Waals surface area contributed by atoms with Crippen molar-refractivity contribution in [3.63, 3.8) is 0 Å². The molecule has 21 heavy (non-hydrogen) atoms. The fourth-order valence-electron chi connectivity index (χ4n) is 3.15. The predicted octanol–water partition coefficient (Wildman–Crippen LogP) is 1.81. The molecule has 5 nitrogen and oxygen atoms in total. The Morgan fingerprint density at radius 3 is 3.05 bits per heavy atom. The number of ether oxygens (including phenoxy) is 1. The lowest BCUT2D eigenvalue weighted by atomic mass is 9.91. The molecule has 0 aliphatic carbocycles. The Balaban J connectivity index is 1.89. The summed E-state index contributed by atoms with van der Waals surface area (Å²) in [4.78, 5) is 26.5. The number of methoxy groups -OCH3 is 1. The summed E-state index contributed by atoms with van der Waals surface area (Å²) in [5.41, 5.74) is 0.578. The Morgan fingerprint density at radius 1 is 1.48 bits per heavy atom. The second-order valence-corrected chi connectivity index (χ2v) is 6.26. The first-order valence-corrected chi connectivity index (χ1v) is 7.83. The SMILES string of the molecule is COc1ccc(Br)c(C(=O)N2CCCC3C(=O)NCC32)c1. The van der Waals surface area contributed by atoms with Crippen LogP contribution in [0.4, 0.5) is 0 Å². The van der Waals surface area contributed by atoms with Gasteiger partial charge in [-0.3, -0.25) is 9.59 Å². The van der Waals surface area contributed by atoms with E-state index in [-0.39, 0.29) is 23.8 Å². The molecule has 0 bridgehead atoms. The average Bonchev–Trinajstić information content (AvgIpc) is 2.89. The van der Waals surface area contributed by atoms with E-state index in [2.05, 4.69) is 21.2 Å². The fourth-order valence-corrected chi connectivity index (χ4v) is 3.57. The summed E-state index contributed by atoms with van der Waals surface area (Å²) in [5, 5.41) is 2.87. The Bertz CT molecular complexity index is 590. The van der Waals surface area contributed by atoms with Crippen molar-refractivity contribution in [1.29, 1.82) is 0 Å². The maximum Gasteiger partial charge on any atom is 0.255 e. The van der Waals surface area contributed by atoms with Gasteiger partial charge in [0.2, 0.25) is 5.91 Å². The van der Waals surface area contributed by atoms with Gasteiger partial charge in [-0.05, 0) is 47.0 Å². The molecule has 2 amide bonds. The van der Waals surface area contributed by atoms with E-state index >= 15 is 0 Å². The van der Waals surface area contributed by atoms with Gasteiger partial charge in [0.15, 0.2) is 0 Å². The van der Waals surface area contributed by atoms with Crippen LogP contribution in [0, 0.1) is 5.92 Å². The highest BCUT2D eigenvalue weighted by Crippen LogP contribution is 2.31. The molecule has 2 saturated heterocycles. The monoisotopic (exact) mass is 352 g/mol. The minimum absolute atomic E-state index is 0.0307. The summed E-state index contributed by atoms with van der Waals surface area (Å²) in [5.74, 6) is 0.608. The Labute approximate surface area is 131 Å². The third-order valence-corrected chi connectivity index (χ3v) is 4.96. The molecule has 6 heteroatoms. The normalized spacial score (nSPS) is 24.5. The van der Waals surface area contributed by atoms with Gasteiger partial charge in [-0.1, -0.05) is 0 Å². The number of nitrogens with zero attached hydrogens (tertiary/aromatic N) is 1. The van der Waals surface area contributed by atoms with Gasteiger partial charge in [-0.25, -0.2) is 0 Å². The zero-order chi connectivity index (χ0) is 15.0. The molecule has 1 N–H and O–H groups in total. The molecule has 2 atom stereocenters. The zero-order valence-corrected chi connectivity index (χ0v) is 13.4. The number of hydrogen-bond acceptors (Lipinski definition) is 3. The third-order valence-electron chi connectivity index (χ3n) is 4.27. The summed E-state index contributed by atoms with van der Waals surface area (Å²) in [6.07, 6.45) is 1.72. The lowest BCUT2D eigenvalue weighted by molar-refractivity contribution is -0.123. The van der Waals surface area contributed by atoms with Gasteiger partial charge in [-0.2, -0.15) is 0 Å². The second kappa shape index (κ2) is 5.67. The molecule has 0 spiro atoms. The number of nitrogens with one attached hydrogen (secondary N) is 1. The lowest BCUT2D eigenvalue weighted by Crippen LogP contribution is -2.48. The van der Waals surface area contributed by atoms with E-state index in [9.17, 15) is 9.59 Å². The topological polar surface area (TPSA) is 58.6 Å². The second-order valence-electron chi connectivity index (χ2n) is 5.41. The van der Waals surface area contributed by atoms with Crippen molar-refractivity contribution in [2.24, 2.45) is 5.92 Å². The van der Waals surface area contributed by atoms with Crippen LogP contribution >= 0.6 is 15.9 Å². The van der Waals surface area contributed by atoms with Crippen molar-refractivity contribution in [1.82, 2.24) is 10.2 Å². The van der Waals surface area contributed by atoms with E-state index in [1.54, 1.807) is 19.2 Å². The number of fused-ring (bicyclic) bond motifs is 1. The van der Waals surface area contributed by atoms with Crippen LogP contribution in [0.15, 0.2) is 22.7 Å². The number of halogens is 1. The number of hydrogen-bond donors (Lipinski definition) is 1. The summed E-state index contributed by atoms with van der Waals surface area (Å²) in [7, 11) is 1.58. The number of likely N-dealkylation sites (tertiary alicyclic amines) is 1. The van der Waals surface area contributed by atoms with Crippen LogP contribution in [0.2, 0.25) is 0 Å². The third kappa shape index (κ3) is 2.52. The van der Waals surface area contributed by atoms with E-state index in [0.29, 0.717) is 24.4 Å². The van der Waals surface area contributed by atoms with E-state index in [1.807, 2.05) is 11.0 Å². The standard InChI is InChI=1S/C15H17BrN2O3/c1-21-9-4-5-12(16)11(7-9)15(20)18-6-2-3-10-13(18)8-17-14(10)19/h4-5,7,10,13H,2-3,6,8H2,1H3,(H,17,19). The molecule has 1 aromatic carbocycles. The smallest absolute Gasteiger partial charge is 0.255 e. The van der Waals surface area contributed by atoms with Crippen molar-refractivity contribution < 1.29 is 14.3 Å². The molecule has 2 aliphatic rings. The summed E-state index contributed by atoms with van der Waals surface area (Å²) < 4.78 is 5.94. The maximum absolute atomic E-state index is 12.8. The number of piperidine rings is 1. The fraction of sp³-hybridized carbons (Fsp3) is 0.467. The molecule has 3 rings (SSSR count). The van der Waals surface area contributed by atoms with Crippen molar-refractivity contribution >= 4 is 27.7 Å². The number of amides is 2. The largest absolute Gasteiger partial charge is 0.497 e. The van der Waals surface area contributed by atoms with Crippen molar-refractivity contribution in [2.75, 3.05) is 20.2 Å². The van der Waals surface area contributed by atoms with Crippen LogP contribution in [0.5, 0.6) is 5.75 Å². The number of carbonyl (C=O) groups excluding carboxylic acids is 2. The highest BCUT2D eigenvalue weighted by molar-refractivity contribution is 9.10. The van der Waals surface area contributed by atoms with E-state index in [4.69, 9.17) is 4.74 Å². The minimum Gasteiger partial charge on any atom is -0.497 e. The first kappa shape index (κ1) is 14.4. The number of rotatable bonds is 2. The maximum atomic E-state index is 12.8. The van der Waals surface area contributed by atoms with Crippen LogP contribution in [-0.2, 0) is 4.79 Å². The molecule has 1 aromatic rings. The van der Waals surface area contributed by atoms with Gasteiger partial charge in [0.25, 0.3) is 5.91 Å². The molecular formula is C15H17BrN2O3. The Hall–Kier alpha value is -1.56. The van der Waals surface area contributed by atoms with Crippen molar-refractivity contribution in [3.05, 3.63) is 28.2 Å². The first-order chi connectivity index (χ1) is 10.1. The molecule has 0 radical (unpaired) electrons.